The number of benzene rings is 3. The average Bonchev–Trinajstić information content (AvgIpc) is 2.87. The Bertz CT molecular complexity index is 1470. The number of aliphatic imine (C=N–C) groups is 1. The van der Waals surface area contributed by atoms with Crippen molar-refractivity contribution >= 4 is 39.2 Å². The molecular formula is C25H18ClF7N2O2S2. The summed E-state index contributed by atoms with van der Waals surface area (Å²) in [6.07, 6.45) is -10.3. The number of hydrogen-bond acceptors (Lipinski definition) is 4. The van der Waals surface area contributed by atoms with Crippen molar-refractivity contribution in [2.24, 2.45) is 4.99 Å². The van der Waals surface area contributed by atoms with Crippen molar-refractivity contribution < 1.29 is 39.2 Å². The van der Waals surface area contributed by atoms with Gasteiger partial charge in [-0.25, -0.2) is 17.1 Å². The van der Waals surface area contributed by atoms with Crippen LogP contribution in [0.2, 0.25) is 5.02 Å². The molecule has 0 saturated carbocycles. The first-order chi connectivity index (χ1) is 18.2. The van der Waals surface area contributed by atoms with Crippen LogP contribution < -0.4 is 0 Å². The minimum atomic E-state index is -5.22. The van der Waals surface area contributed by atoms with E-state index in [2.05, 4.69) is 4.99 Å². The Morgan fingerprint density at radius 3 is 2.18 bits per heavy atom. The molecule has 3 aromatic rings. The van der Waals surface area contributed by atoms with Gasteiger partial charge in [0.15, 0.2) is 0 Å². The van der Waals surface area contributed by atoms with Gasteiger partial charge in [0.2, 0.25) is 0 Å². The third kappa shape index (κ3) is 6.36. The van der Waals surface area contributed by atoms with Crippen LogP contribution in [-0.4, -0.2) is 31.6 Å². The summed E-state index contributed by atoms with van der Waals surface area (Å²) in [5, 5.41) is 0.184. The van der Waals surface area contributed by atoms with E-state index in [1.165, 1.54) is 24.3 Å². The van der Waals surface area contributed by atoms with Gasteiger partial charge in [0.1, 0.15) is 11.7 Å². The maximum Gasteiger partial charge on any atom is 0.416 e. The molecule has 0 aliphatic carbocycles. The first kappa shape index (κ1) is 29.2. The van der Waals surface area contributed by atoms with Gasteiger partial charge < -0.3 is 0 Å². The number of halogens is 8. The van der Waals surface area contributed by atoms with Crippen molar-refractivity contribution in [2.45, 2.75) is 34.3 Å². The third-order valence-corrected chi connectivity index (χ3v) is 8.95. The lowest BCUT2D eigenvalue weighted by molar-refractivity contribution is -0.143. The normalized spacial score (nSPS) is 14.9. The monoisotopic (exact) mass is 610 g/mol. The zero-order valence-electron chi connectivity index (χ0n) is 19.7. The number of alkyl halides is 6. The van der Waals surface area contributed by atoms with Crippen molar-refractivity contribution in [3.8, 4) is 0 Å². The van der Waals surface area contributed by atoms with Crippen molar-refractivity contribution in [2.75, 3.05) is 13.1 Å². The lowest BCUT2D eigenvalue weighted by atomic mass is 10.1. The summed E-state index contributed by atoms with van der Waals surface area (Å²) in [5.41, 5.74) is -3.02. The van der Waals surface area contributed by atoms with Crippen molar-refractivity contribution in [3.63, 3.8) is 0 Å². The minimum absolute atomic E-state index is 0.0606. The SMILES string of the molecule is O=S(=O)(c1cc(C(F)(F)F)cc(C(F)(F)F)c1)N1CCCN=C1c1ccccc1SCc1c(F)cccc1Cl. The predicted octanol–water partition coefficient (Wildman–Crippen LogP) is 7.65. The second-order valence-electron chi connectivity index (χ2n) is 8.36. The van der Waals surface area contributed by atoms with Gasteiger partial charge in [0.05, 0.1) is 16.0 Å². The molecule has 4 rings (SSSR count). The van der Waals surface area contributed by atoms with E-state index in [1.54, 1.807) is 18.2 Å². The van der Waals surface area contributed by atoms with Crippen LogP contribution in [0.1, 0.15) is 28.7 Å². The van der Waals surface area contributed by atoms with E-state index in [9.17, 15) is 39.2 Å². The number of thioether (sulfide) groups is 1. The summed E-state index contributed by atoms with van der Waals surface area (Å²) >= 11 is 7.22. The molecule has 1 aliphatic heterocycles. The maximum absolute atomic E-state index is 14.3. The van der Waals surface area contributed by atoms with Gasteiger partial charge >= 0.3 is 12.4 Å². The Hall–Kier alpha value is -2.77. The molecule has 0 spiro atoms. The van der Waals surface area contributed by atoms with Gasteiger partial charge in [-0.05, 0) is 42.8 Å². The van der Waals surface area contributed by atoms with E-state index in [4.69, 9.17) is 11.6 Å². The summed E-state index contributed by atoms with van der Waals surface area (Å²) in [7, 11) is -4.91. The Labute approximate surface area is 228 Å². The fourth-order valence-corrected chi connectivity index (χ4v) is 6.79. The molecule has 39 heavy (non-hydrogen) atoms. The second-order valence-corrected chi connectivity index (χ2v) is 11.6. The molecule has 0 bridgehead atoms. The molecule has 0 N–H and O–H groups in total. The quantitative estimate of drug-likeness (QED) is 0.213. The molecule has 0 amide bonds. The first-order valence-corrected chi connectivity index (χ1v) is 14.0. The van der Waals surface area contributed by atoms with Crippen LogP contribution in [0, 0.1) is 5.82 Å². The van der Waals surface area contributed by atoms with E-state index in [0.29, 0.717) is 9.20 Å². The molecule has 1 heterocycles. The lowest BCUT2D eigenvalue weighted by Crippen LogP contribution is -2.41. The van der Waals surface area contributed by atoms with Crippen LogP contribution >= 0.6 is 23.4 Å². The molecule has 0 saturated heterocycles. The molecule has 0 radical (unpaired) electrons. The van der Waals surface area contributed by atoms with Crippen molar-refractivity contribution in [1.29, 1.82) is 0 Å². The zero-order chi connectivity index (χ0) is 28.6. The van der Waals surface area contributed by atoms with Crippen LogP contribution in [-0.2, 0) is 28.1 Å². The van der Waals surface area contributed by atoms with Gasteiger partial charge in [-0.15, -0.1) is 11.8 Å². The van der Waals surface area contributed by atoms with Gasteiger partial charge in [-0.3, -0.25) is 4.99 Å². The van der Waals surface area contributed by atoms with Crippen LogP contribution in [0.15, 0.2) is 75.4 Å². The minimum Gasteiger partial charge on any atom is -0.267 e. The zero-order valence-corrected chi connectivity index (χ0v) is 22.0. The maximum atomic E-state index is 14.3. The summed E-state index contributed by atoms with van der Waals surface area (Å²) < 4.78 is 123. The van der Waals surface area contributed by atoms with Gasteiger partial charge in [-0.1, -0.05) is 35.9 Å². The highest BCUT2D eigenvalue weighted by Crippen LogP contribution is 2.39. The number of nitrogens with zero attached hydrogens (tertiary/aromatic N) is 2. The molecule has 208 valence electrons. The smallest absolute Gasteiger partial charge is 0.267 e. The number of amidine groups is 1. The van der Waals surface area contributed by atoms with Crippen LogP contribution in [0.5, 0.6) is 0 Å². The van der Waals surface area contributed by atoms with E-state index < -0.39 is 44.2 Å². The fourth-order valence-electron chi connectivity index (χ4n) is 3.84. The molecule has 3 aromatic carbocycles. The highest BCUT2D eigenvalue weighted by atomic mass is 35.5. The number of sulfonamides is 1. The van der Waals surface area contributed by atoms with Crippen LogP contribution in [0.4, 0.5) is 30.7 Å². The summed E-state index contributed by atoms with van der Waals surface area (Å²) in [6.45, 7) is -0.0488. The Morgan fingerprint density at radius 1 is 0.923 bits per heavy atom. The molecule has 1 aliphatic rings. The molecule has 0 unspecified atom stereocenters. The van der Waals surface area contributed by atoms with E-state index >= 15 is 0 Å². The Kier molecular flexibility index (Phi) is 8.25. The summed E-state index contributed by atoms with van der Waals surface area (Å²) in [4.78, 5) is 3.56. The second kappa shape index (κ2) is 11.0. The van der Waals surface area contributed by atoms with E-state index in [0.717, 1.165) is 11.8 Å². The largest absolute Gasteiger partial charge is 0.416 e. The fraction of sp³-hybridized carbons (Fsp3) is 0.240. The molecular weight excluding hydrogens is 593 g/mol. The van der Waals surface area contributed by atoms with Crippen LogP contribution in [0.25, 0.3) is 0 Å². The lowest BCUT2D eigenvalue weighted by Gasteiger charge is -2.30. The van der Waals surface area contributed by atoms with Gasteiger partial charge in [-0.2, -0.15) is 26.3 Å². The van der Waals surface area contributed by atoms with E-state index in [-0.39, 0.29) is 65.4 Å². The Morgan fingerprint density at radius 2 is 1.56 bits per heavy atom. The molecule has 4 nitrogen and oxygen atoms in total. The highest BCUT2D eigenvalue weighted by Gasteiger charge is 2.40. The summed E-state index contributed by atoms with van der Waals surface area (Å²) in [6, 6.07) is 10.8. The first-order valence-electron chi connectivity index (χ1n) is 11.2. The molecule has 0 fully saturated rings. The van der Waals surface area contributed by atoms with E-state index in [1.807, 2.05) is 0 Å². The van der Waals surface area contributed by atoms with Crippen molar-refractivity contribution in [3.05, 3.63) is 93.8 Å². The summed E-state index contributed by atoms with van der Waals surface area (Å²) in [5.74, 6) is -0.628. The average molecular weight is 611 g/mol. The third-order valence-electron chi connectivity index (χ3n) is 5.73. The standard InChI is InChI=1S/C25H18ClF7N2O2S2/c26-20-6-3-7-21(27)19(20)14-38-22-8-2-1-5-18(22)23-34-9-4-10-35(23)39(36,37)17-12-15(24(28,29)30)11-16(13-17)25(31,32)33/h1-3,5-8,11-13H,4,9-10,14H2. The molecule has 14 heteroatoms. The number of hydrogen-bond donors (Lipinski definition) is 0. The van der Waals surface area contributed by atoms with Crippen molar-refractivity contribution in [1.82, 2.24) is 4.31 Å². The highest BCUT2D eigenvalue weighted by molar-refractivity contribution is 7.98. The van der Waals surface area contributed by atoms with Crippen LogP contribution in [0.3, 0.4) is 0 Å². The van der Waals surface area contributed by atoms with Gasteiger partial charge in [0, 0.05) is 39.9 Å². The number of rotatable bonds is 6. The molecule has 0 atom stereocenters. The van der Waals surface area contributed by atoms with Gasteiger partial charge in [0.25, 0.3) is 10.0 Å². The predicted molar refractivity (Wildman–Crippen MR) is 134 cm³/mol. The Balaban J connectivity index is 1.76. The topological polar surface area (TPSA) is 49.7 Å². The molecule has 0 aromatic heterocycles.